The fourth-order valence-corrected chi connectivity index (χ4v) is 7.40. The second kappa shape index (κ2) is 13.8. The number of rotatable bonds is 10. The number of aromatic nitrogens is 1. The van der Waals surface area contributed by atoms with E-state index >= 15 is 0 Å². The molecule has 0 saturated carbocycles. The Bertz CT molecular complexity index is 1560. The lowest BCUT2D eigenvalue weighted by atomic mass is 10.2. The molecule has 8 nitrogen and oxygen atoms in total. The molecule has 4 aromatic rings. The van der Waals surface area contributed by atoms with E-state index in [9.17, 15) is 13.2 Å². The van der Waals surface area contributed by atoms with E-state index in [4.69, 9.17) is 9.72 Å². The number of halogens is 1. The largest absolute Gasteiger partial charge is 0.379 e. The van der Waals surface area contributed by atoms with Crippen LogP contribution in [0.3, 0.4) is 0 Å². The number of amides is 1. The van der Waals surface area contributed by atoms with Crippen LogP contribution in [0.1, 0.15) is 29.3 Å². The van der Waals surface area contributed by atoms with Gasteiger partial charge in [-0.1, -0.05) is 35.6 Å². The highest BCUT2D eigenvalue weighted by Gasteiger charge is 2.26. The predicted octanol–water partition coefficient (Wildman–Crippen LogP) is 5.61. The van der Waals surface area contributed by atoms with Crippen LogP contribution < -0.4 is 9.21 Å². The van der Waals surface area contributed by atoms with E-state index in [-0.39, 0.29) is 23.2 Å². The number of fused-ring (bicyclic) bond motifs is 1. The lowest BCUT2D eigenvalue weighted by molar-refractivity contribution is 0.0376. The third kappa shape index (κ3) is 7.07. The minimum absolute atomic E-state index is 0. The molecule has 1 saturated heterocycles. The summed E-state index contributed by atoms with van der Waals surface area (Å²) in [5, 5.41) is 0.644. The molecule has 3 aromatic carbocycles. The smallest absolute Gasteiger partial charge is 0.264 e. The van der Waals surface area contributed by atoms with E-state index in [1.165, 1.54) is 27.8 Å². The lowest BCUT2D eigenvalue weighted by Gasteiger charge is -2.27. The van der Waals surface area contributed by atoms with Crippen LogP contribution in [0.15, 0.2) is 77.7 Å². The molecular formula is C30H35ClN4O4S2. The van der Waals surface area contributed by atoms with Crippen molar-refractivity contribution < 1.29 is 17.9 Å². The van der Waals surface area contributed by atoms with Crippen LogP contribution >= 0.6 is 23.7 Å². The number of morpholine rings is 1. The first-order valence-electron chi connectivity index (χ1n) is 13.5. The van der Waals surface area contributed by atoms with Gasteiger partial charge in [0.25, 0.3) is 15.9 Å². The van der Waals surface area contributed by atoms with Crippen molar-refractivity contribution in [2.24, 2.45) is 0 Å². The van der Waals surface area contributed by atoms with E-state index in [1.54, 1.807) is 36.1 Å². The number of thiazole rings is 1. The van der Waals surface area contributed by atoms with Gasteiger partial charge in [0.2, 0.25) is 0 Å². The predicted molar refractivity (Wildman–Crippen MR) is 168 cm³/mol. The molecule has 2 heterocycles. The van der Waals surface area contributed by atoms with E-state index in [2.05, 4.69) is 11.0 Å². The molecular weight excluding hydrogens is 580 g/mol. The Balaban J connectivity index is 0.00000387. The highest BCUT2D eigenvalue weighted by Crippen LogP contribution is 2.31. The number of benzene rings is 3. The van der Waals surface area contributed by atoms with E-state index in [0.717, 1.165) is 55.0 Å². The molecule has 0 aliphatic carbocycles. The Labute approximate surface area is 252 Å². The number of hydrogen-bond acceptors (Lipinski definition) is 7. The van der Waals surface area contributed by atoms with Gasteiger partial charge < -0.3 is 4.74 Å². The van der Waals surface area contributed by atoms with Gasteiger partial charge in [-0.25, -0.2) is 13.4 Å². The van der Waals surface area contributed by atoms with Crippen LogP contribution in [0.4, 0.5) is 10.8 Å². The Morgan fingerprint density at radius 1 is 1.02 bits per heavy atom. The monoisotopic (exact) mass is 614 g/mol. The molecule has 218 valence electrons. The lowest BCUT2D eigenvalue weighted by Crippen LogP contribution is -2.39. The van der Waals surface area contributed by atoms with Gasteiger partial charge in [0.1, 0.15) is 0 Å². The quantitative estimate of drug-likeness (QED) is 0.231. The first-order chi connectivity index (χ1) is 19.4. The highest BCUT2D eigenvalue weighted by molar-refractivity contribution is 7.92. The third-order valence-corrected chi connectivity index (χ3v) is 9.95. The van der Waals surface area contributed by atoms with Crippen molar-refractivity contribution in [1.82, 2.24) is 9.88 Å². The third-order valence-electron chi connectivity index (χ3n) is 6.99. The number of para-hydroxylation sites is 1. The maximum Gasteiger partial charge on any atom is 0.264 e. The summed E-state index contributed by atoms with van der Waals surface area (Å²) in [7, 11) is -3.78. The molecule has 1 amide bonds. The van der Waals surface area contributed by atoms with Gasteiger partial charge in [-0.2, -0.15) is 0 Å². The summed E-state index contributed by atoms with van der Waals surface area (Å²) in [6, 6.07) is 21.3. The zero-order valence-corrected chi connectivity index (χ0v) is 25.7. The topological polar surface area (TPSA) is 83.1 Å². The second-order valence-electron chi connectivity index (χ2n) is 9.76. The van der Waals surface area contributed by atoms with Crippen molar-refractivity contribution in [3.05, 3.63) is 83.9 Å². The van der Waals surface area contributed by atoms with Gasteiger partial charge in [-0.15, -0.1) is 12.4 Å². The number of nitrogens with zero attached hydrogens (tertiary/aromatic N) is 4. The molecule has 0 atom stereocenters. The summed E-state index contributed by atoms with van der Waals surface area (Å²) in [5.41, 5.74) is 3.02. The molecule has 0 unspecified atom stereocenters. The molecule has 11 heteroatoms. The SMILES string of the molecule is CCN(c1ccccc1)S(=O)(=O)c1ccc(C(=O)N(CCCN2CCOCC2)c2nc3ccc(C)cc3s2)cc1.Cl. The maximum atomic E-state index is 13.8. The summed E-state index contributed by atoms with van der Waals surface area (Å²) < 4.78 is 34.7. The van der Waals surface area contributed by atoms with Crippen LogP contribution in [-0.2, 0) is 14.8 Å². The van der Waals surface area contributed by atoms with E-state index in [1.807, 2.05) is 37.3 Å². The zero-order valence-electron chi connectivity index (χ0n) is 23.2. The molecule has 0 bridgehead atoms. The molecule has 1 aliphatic heterocycles. The number of sulfonamides is 1. The number of carbonyl (C=O) groups excluding carboxylic acids is 1. The molecule has 41 heavy (non-hydrogen) atoms. The Morgan fingerprint density at radius 3 is 2.41 bits per heavy atom. The summed E-state index contributed by atoms with van der Waals surface area (Å²) in [5.74, 6) is -0.197. The average molecular weight is 615 g/mol. The van der Waals surface area contributed by atoms with Crippen molar-refractivity contribution in [1.29, 1.82) is 0 Å². The van der Waals surface area contributed by atoms with Crippen molar-refractivity contribution in [3.8, 4) is 0 Å². The van der Waals surface area contributed by atoms with E-state index < -0.39 is 10.0 Å². The Morgan fingerprint density at radius 2 is 1.73 bits per heavy atom. The number of hydrogen-bond donors (Lipinski definition) is 0. The molecule has 1 fully saturated rings. The summed E-state index contributed by atoms with van der Waals surface area (Å²) >= 11 is 1.50. The molecule has 5 rings (SSSR count). The molecule has 1 aliphatic rings. The summed E-state index contributed by atoms with van der Waals surface area (Å²) in [4.78, 5) is 22.8. The fourth-order valence-electron chi connectivity index (χ4n) is 4.83. The summed E-state index contributed by atoms with van der Waals surface area (Å²) in [6.07, 6.45) is 0.787. The zero-order chi connectivity index (χ0) is 28.1. The van der Waals surface area contributed by atoms with Crippen LogP contribution in [-0.4, -0.2) is 70.1 Å². The maximum absolute atomic E-state index is 13.8. The summed E-state index contributed by atoms with van der Waals surface area (Å²) in [6.45, 7) is 8.75. The average Bonchev–Trinajstić information content (AvgIpc) is 3.39. The molecule has 0 N–H and O–H groups in total. The second-order valence-corrected chi connectivity index (χ2v) is 12.6. The standard InChI is InChI=1S/C30H34N4O4S2.ClH/c1-3-34(25-8-5-4-6-9-25)40(36,37)26-13-11-24(12-14-26)29(35)33(17-7-16-32-18-20-38-21-19-32)30-31-27-15-10-23(2)22-28(27)39-30;/h4-6,8-15,22H,3,7,16-21H2,1-2H3;1H. The van der Waals surface area contributed by atoms with Crippen molar-refractivity contribution in [3.63, 3.8) is 0 Å². The van der Waals surface area contributed by atoms with Crippen molar-refractivity contribution in [2.75, 3.05) is 55.1 Å². The van der Waals surface area contributed by atoms with Crippen molar-refractivity contribution in [2.45, 2.75) is 25.2 Å². The number of carbonyl (C=O) groups is 1. The fraction of sp³-hybridized carbons (Fsp3) is 0.333. The Kier molecular flexibility index (Phi) is 10.4. The number of anilines is 2. The normalized spacial score (nSPS) is 14.0. The molecule has 0 radical (unpaired) electrons. The van der Waals surface area contributed by atoms with Crippen LogP contribution in [0.2, 0.25) is 0 Å². The minimum Gasteiger partial charge on any atom is -0.379 e. The molecule has 1 aromatic heterocycles. The van der Waals surface area contributed by atoms with Crippen LogP contribution in [0.25, 0.3) is 10.2 Å². The van der Waals surface area contributed by atoms with Crippen molar-refractivity contribution >= 4 is 60.7 Å². The van der Waals surface area contributed by atoms with Gasteiger partial charge in [0.15, 0.2) is 5.13 Å². The first-order valence-corrected chi connectivity index (χ1v) is 15.8. The molecule has 0 spiro atoms. The van der Waals surface area contributed by atoms with E-state index in [0.29, 0.717) is 29.5 Å². The first kappa shape index (κ1) is 30.9. The van der Waals surface area contributed by atoms with Gasteiger partial charge in [0, 0.05) is 38.3 Å². The van der Waals surface area contributed by atoms with Gasteiger partial charge in [-0.05, 0) is 74.4 Å². The van der Waals surface area contributed by atoms with Crippen LogP contribution in [0, 0.1) is 6.92 Å². The Hall–Kier alpha value is -3.02. The number of aryl methyl sites for hydroxylation is 1. The highest BCUT2D eigenvalue weighted by atomic mass is 35.5. The van der Waals surface area contributed by atoms with Gasteiger partial charge in [-0.3, -0.25) is 18.9 Å². The van der Waals surface area contributed by atoms with Crippen LogP contribution in [0.5, 0.6) is 0 Å². The van der Waals surface area contributed by atoms with Gasteiger partial charge in [0.05, 0.1) is 34.0 Å². The minimum atomic E-state index is -3.78. The van der Waals surface area contributed by atoms with Gasteiger partial charge >= 0.3 is 0 Å². The number of ether oxygens (including phenoxy) is 1.